The fraction of sp³-hybridized carbons (Fsp3) is 0.0714. The zero-order valence-electron chi connectivity index (χ0n) is 10.1. The first-order valence-electron chi connectivity index (χ1n) is 5.64. The summed E-state index contributed by atoms with van der Waals surface area (Å²) in [5.41, 5.74) is 0.333. The highest BCUT2D eigenvalue weighted by Crippen LogP contribution is 2.19. The van der Waals surface area contributed by atoms with Crippen LogP contribution in [0.3, 0.4) is 0 Å². The first kappa shape index (κ1) is 14.6. The molecule has 1 amide bonds. The second-order valence-electron chi connectivity index (χ2n) is 4.10. The molecule has 2 nitrogen and oxygen atoms in total. The van der Waals surface area contributed by atoms with Gasteiger partial charge in [-0.05, 0) is 35.9 Å². The number of amides is 1. The van der Waals surface area contributed by atoms with E-state index in [-0.39, 0.29) is 12.1 Å². The molecule has 0 fully saturated rings. The Kier molecular flexibility index (Phi) is 4.44. The highest BCUT2D eigenvalue weighted by Gasteiger charge is 2.10. The zero-order valence-corrected chi connectivity index (χ0v) is 11.7. The smallest absolute Gasteiger partial charge is 0.228 e. The van der Waals surface area contributed by atoms with Crippen molar-refractivity contribution in [1.82, 2.24) is 0 Å². The Hall–Kier alpha value is -1.82. The van der Waals surface area contributed by atoms with E-state index in [0.717, 1.165) is 12.1 Å². The van der Waals surface area contributed by atoms with Gasteiger partial charge in [-0.3, -0.25) is 4.79 Å². The lowest BCUT2D eigenvalue weighted by Gasteiger charge is -2.07. The number of carbonyl (C=O) groups excluding carboxylic acids is 1. The minimum absolute atomic E-state index is 0.0285. The molecule has 20 heavy (non-hydrogen) atoms. The number of benzene rings is 2. The van der Waals surface area contributed by atoms with Crippen molar-refractivity contribution in [1.29, 1.82) is 0 Å². The molecule has 2 rings (SSSR count). The minimum Gasteiger partial charge on any atom is -0.323 e. The first-order chi connectivity index (χ1) is 9.45. The average molecular weight is 344 g/mol. The molecule has 0 unspecified atom stereocenters. The summed E-state index contributed by atoms with van der Waals surface area (Å²) < 4.78 is 39.8. The Labute approximate surface area is 121 Å². The van der Waals surface area contributed by atoms with Gasteiger partial charge in [0.15, 0.2) is 11.6 Å². The molecule has 6 heteroatoms. The molecule has 0 aliphatic heterocycles. The summed E-state index contributed by atoms with van der Waals surface area (Å²) in [5.74, 6) is -3.10. The van der Waals surface area contributed by atoms with Gasteiger partial charge in [0.2, 0.25) is 5.91 Å². The molecule has 0 atom stereocenters. The second kappa shape index (κ2) is 6.09. The molecule has 0 bridgehead atoms. The van der Waals surface area contributed by atoms with Crippen molar-refractivity contribution in [3.63, 3.8) is 0 Å². The predicted octanol–water partition coefficient (Wildman–Crippen LogP) is 4.05. The van der Waals surface area contributed by atoms with E-state index >= 15 is 0 Å². The van der Waals surface area contributed by atoms with Crippen LogP contribution >= 0.6 is 15.9 Å². The van der Waals surface area contributed by atoms with Crippen LogP contribution in [0.4, 0.5) is 18.9 Å². The standard InChI is InChI=1S/C14H9BrF3NO/c15-9-2-4-13(12(18)7-9)19-14(20)6-8-1-3-10(16)11(17)5-8/h1-5,7H,6H2,(H,19,20). The van der Waals surface area contributed by atoms with Crippen molar-refractivity contribution >= 4 is 27.5 Å². The summed E-state index contributed by atoms with van der Waals surface area (Å²) in [4.78, 5) is 11.7. The molecule has 0 aromatic heterocycles. The fourth-order valence-electron chi connectivity index (χ4n) is 1.62. The number of anilines is 1. The van der Waals surface area contributed by atoms with Crippen molar-refractivity contribution in [2.45, 2.75) is 6.42 Å². The van der Waals surface area contributed by atoms with Gasteiger partial charge in [0, 0.05) is 4.47 Å². The van der Waals surface area contributed by atoms with Crippen LogP contribution in [0, 0.1) is 17.5 Å². The van der Waals surface area contributed by atoms with E-state index in [1.54, 1.807) is 6.07 Å². The molecule has 0 aliphatic rings. The average Bonchev–Trinajstić information content (AvgIpc) is 2.37. The zero-order chi connectivity index (χ0) is 14.7. The van der Waals surface area contributed by atoms with Gasteiger partial charge in [-0.25, -0.2) is 13.2 Å². The number of hydrogen-bond acceptors (Lipinski definition) is 1. The van der Waals surface area contributed by atoms with Gasteiger partial charge in [0.1, 0.15) is 5.82 Å². The molecule has 0 radical (unpaired) electrons. The van der Waals surface area contributed by atoms with E-state index in [4.69, 9.17) is 0 Å². The summed E-state index contributed by atoms with van der Waals surface area (Å²) in [6, 6.07) is 7.38. The first-order valence-corrected chi connectivity index (χ1v) is 6.44. The maximum atomic E-state index is 13.5. The third kappa shape index (κ3) is 3.60. The van der Waals surface area contributed by atoms with E-state index in [0.29, 0.717) is 10.0 Å². The van der Waals surface area contributed by atoms with E-state index in [1.807, 2.05) is 0 Å². The molecule has 0 saturated heterocycles. The van der Waals surface area contributed by atoms with Crippen molar-refractivity contribution < 1.29 is 18.0 Å². The van der Waals surface area contributed by atoms with E-state index < -0.39 is 23.4 Å². The SMILES string of the molecule is O=C(Cc1ccc(F)c(F)c1)Nc1ccc(Br)cc1F. The molecule has 0 aliphatic carbocycles. The highest BCUT2D eigenvalue weighted by atomic mass is 79.9. The molecule has 0 saturated carbocycles. The minimum atomic E-state index is -1.02. The summed E-state index contributed by atoms with van der Waals surface area (Å²) >= 11 is 3.10. The quantitative estimate of drug-likeness (QED) is 0.894. The molecule has 2 aromatic carbocycles. The van der Waals surface area contributed by atoms with Crippen molar-refractivity contribution in [3.8, 4) is 0 Å². The maximum absolute atomic E-state index is 13.5. The normalized spacial score (nSPS) is 10.4. The van der Waals surface area contributed by atoms with Gasteiger partial charge in [0.05, 0.1) is 12.1 Å². The maximum Gasteiger partial charge on any atom is 0.228 e. The van der Waals surface area contributed by atoms with Crippen LogP contribution < -0.4 is 5.32 Å². The van der Waals surface area contributed by atoms with Crippen LogP contribution in [-0.2, 0) is 11.2 Å². The Balaban J connectivity index is 2.07. The van der Waals surface area contributed by atoms with Crippen molar-refractivity contribution in [2.75, 3.05) is 5.32 Å². The fourth-order valence-corrected chi connectivity index (χ4v) is 1.95. The largest absolute Gasteiger partial charge is 0.323 e. The van der Waals surface area contributed by atoms with Gasteiger partial charge < -0.3 is 5.32 Å². The van der Waals surface area contributed by atoms with Crippen LogP contribution in [0.15, 0.2) is 40.9 Å². The van der Waals surface area contributed by atoms with Gasteiger partial charge in [-0.2, -0.15) is 0 Å². The number of rotatable bonds is 3. The van der Waals surface area contributed by atoms with Crippen molar-refractivity contribution in [2.24, 2.45) is 0 Å². The lowest BCUT2D eigenvalue weighted by Crippen LogP contribution is -2.15. The third-order valence-electron chi connectivity index (χ3n) is 2.55. The third-order valence-corrected chi connectivity index (χ3v) is 3.05. The van der Waals surface area contributed by atoms with Gasteiger partial charge in [0.25, 0.3) is 0 Å². The monoisotopic (exact) mass is 343 g/mol. The highest BCUT2D eigenvalue weighted by molar-refractivity contribution is 9.10. The lowest BCUT2D eigenvalue weighted by atomic mass is 10.1. The summed E-state index contributed by atoms with van der Waals surface area (Å²) in [5, 5.41) is 2.37. The second-order valence-corrected chi connectivity index (χ2v) is 5.01. The molecule has 104 valence electrons. The Bertz CT molecular complexity index is 661. The van der Waals surface area contributed by atoms with Gasteiger partial charge >= 0.3 is 0 Å². The van der Waals surface area contributed by atoms with Crippen LogP contribution in [0.25, 0.3) is 0 Å². The Morgan fingerprint density at radius 2 is 1.75 bits per heavy atom. The molecular weight excluding hydrogens is 335 g/mol. The summed E-state index contributed by atoms with van der Waals surface area (Å²) in [6.07, 6.45) is -0.174. The van der Waals surface area contributed by atoms with E-state index in [1.165, 1.54) is 18.2 Å². The molecule has 2 aromatic rings. The predicted molar refractivity (Wildman–Crippen MR) is 72.8 cm³/mol. The molecule has 0 spiro atoms. The van der Waals surface area contributed by atoms with E-state index in [9.17, 15) is 18.0 Å². The summed E-state index contributed by atoms with van der Waals surface area (Å²) in [6.45, 7) is 0. The summed E-state index contributed by atoms with van der Waals surface area (Å²) in [7, 11) is 0. The number of carbonyl (C=O) groups is 1. The van der Waals surface area contributed by atoms with Crippen LogP contribution in [0.5, 0.6) is 0 Å². The van der Waals surface area contributed by atoms with E-state index in [2.05, 4.69) is 21.2 Å². The molecule has 0 heterocycles. The van der Waals surface area contributed by atoms with Crippen LogP contribution in [0.2, 0.25) is 0 Å². The Morgan fingerprint density at radius 3 is 2.40 bits per heavy atom. The van der Waals surface area contributed by atoms with Crippen LogP contribution in [0.1, 0.15) is 5.56 Å². The number of halogens is 4. The van der Waals surface area contributed by atoms with Crippen LogP contribution in [-0.4, -0.2) is 5.91 Å². The number of hydrogen-bond donors (Lipinski definition) is 1. The molecular formula is C14H9BrF3NO. The lowest BCUT2D eigenvalue weighted by molar-refractivity contribution is -0.115. The number of nitrogens with one attached hydrogen (secondary N) is 1. The van der Waals surface area contributed by atoms with Crippen molar-refractivity contribution in [3.05, 3.63) is 63.9 Å². The molecule has 1 N–H and O–H groups in total. The topological polar surface area (TPSA) is 29.1 Å². The van der Waals surface area contributed by atoms with Gasteiger partial charge in [-0.1, -0.05) is 22.0 Å². The Morgan fingerprint density at radius 1 is 1.00 bits per heavy atom. The van der Waals surface area contributed by atoms with Gasteiger partial charge in [-0.15, -0.1) is 0 Å².